The van der Waals surface area contributed by atoms with Gasteiger partial charge in [-0.1, -0.05) is 6.92 Å². The van der Waals surface area contributed by atoms with Crippen molar-refractivity contribution < 1.29 is 23.9 Å². The minimum atomic E-state index is -0.754. The van der Waals surface area contributed by atoms with Crippen molar-refractivity contribution in [2.45, 2.75) is 33.2 Å². The van der Waals surface area contributed by atoms with E-state index >= 15 is 0 Å². The van der Waals surface area contributed by atoms with E-state index in [1.807, 2.05) is 6.92 Å². The summed E-state index contributed by atoms with van der Waals surface area (Å²) in [6.45, 7) is 4.84. The maximum absolute atomic E-state index is 11.7. The van der Waals surface area contributed by atoms with Crippen LogP contribution in [0.1, 0.15) is 48.0 Å². The van der Waals surface area contributed by atoms with Crippen molar-refractivity contribution in [3.8, 4) is 0 Å². The number of aromatic amines is 1. The summed E-state index contributed by atoms with van der Waals surface area (Å²) in [5.74, 6) is -1.83. The standard InChI is InChI=1S/C15H21N3O5/c1-4-5-16-14(21)9(2)18-13(20)8-23-15(22)12-6-11(7-17-12)10(3)19/h6-7,9,17H,4-5,8H2,1-3H3,(H,16,21)(H,18,20)/t9-/m1/s1. The highest BCUT2D eigenvalue weighted by molar-refractivity contribution is 5.98. The van der Waals surface area contributed by atoms with Gasteiger partial charge in [0.1, 0.15) is 11.7 Å². The first-order valence-corrected chi connectivity index (χ1v) is 7.28. The molecular formula is C15H21N3O5. The van der Waals surface area contributed by atoms with E-state index in [-0.39, 0.29) is 17.4 Å². The van der Waals surface area contributed by atoms with Gasteiger partial charge < -0.3 is 20.4 Å². The van der Waals surface area contributed by atoms with E-state index in [1.165, 1.54) is 26.1 Å². The lowest BCUT2D eigenvalue weighted by Crippen LogP contribution is -2.46. The molecule has 0 unspecified atom stereocenters. The summed E-state index contributed by atoms with van der Waals surface area (Å²) in [6.07, 6.45) is 2.18. The third-order valence-electron chi connectivity index (χ3n) is 2.96. The number of ketones is 1. The van der Waals surface area contributed by atoms with Crippen molar-refractivity contribution in [3.63, 3.8) is 0 Å². The average molecular weight is 323 g/mol. The third kappa shape index (κ3) is 5.93. The number of hydrogen-bond acceptors (Lipinski definition) is 5. The van der Waals surface area contributed by atoms with Gasteiger partial charge in [0, 0.05) is 18.3 Å². The van der Waals surface area contributed by atoms with E-state index in [4.69, 9.17) is 4.74 Å². The van der Waals surface area contributed by atoms with E-state index in [0.29, 0.717) is 12.1 Å². The first-order valence-electron chi connectivity index (χ1n) is 7.28. The number of amides is 2. The molecule has 2 amide bonds. The molecule has 1 atom stereocenters. The van der Waals surface area contributed by atoms with Gasteiger partial charge in [0.15, 0.2) is 12.4 Å². The van der Waals surface area contributed by atoms with Crippen LogP contribution in [0.3, 0.4) is 0 Å². The molecule has 0 aliphatic heterocycles. The van der Waals surface area contributed by atoms with Crippen LogP contribution >= 0.6 is 0 Å². The Kier molecular flexibility index (Phi) is 6.98. The lowest BCUT2D eigenvalue weighted by Gasteiger charge is -2.13. The summed E-state index contributed by atoms with van der Waals surface area (Å²) >= 11 is 0. The normalized spacial score (nSPS) is 11.4. The van der Waals surface area contributed by atoms with Gasteiger partial charge in [-0.25, -0.2) is 4.79 Å². The summed E-state index contributed by atoms with van der Waals surface area (Å²) < 4.78 is 4.82. The van der Waals surface area contributed by atoms with E-state index in [0.717, 1.165) is 6.42 Å². The van der Waals surface area contributed by atoms with Gasteiger partial charge in [-0.15, -0.1) is 0 Å². The van der Waals surface area contributed by atoms with Crippen LogP contribution in [0, 0.1) is 0 Å². The van der Waals surface area contributed by atoms with Gasteiger partial charge in [0.05, 0.1) is 0 Å². The average Bonchev–Trinajstić information content (AvgIpc) is 3.00. The molecule has 8 nitrogen and oxygen atoms in total. The molecule has 1 aromatic heterocycles. The van der Waals surface area contributed by atoms with Crippen molar-refractivity contribution in [1.82, 2.24) is 15.6 Å². The zero-order valence-corrected chi connectivity index (χ0v) is 13.4. The lowest BCUT2D eigenvalue weighted by molar-refractivity contribution is -0.130. The Labute approximate surface area is 134 Å². The number of carbonyl (C=O) groups is 4. The largest absolute Gasteiger partial charge is 0.451 e. The molecule has 1 rings (SSSR count). The molecule has 0 aliphatic rings. The number of hydrogen-bond donors (Lipinski definition) is 3. The molecule has 0 aromatic carbocycles. The predicted molar refractivity (Wildman–Crippen MR) is 82.0 cm³/mol. The maximum atomic E-state index is 11.7. The van der Waals surface area contributed by atoms with Crippen molar-refractivity contribution in [1.29, 1.82) is 0 Å². The molecule has 0 fully saturated rings. The summed E-state index contributed by atoms with van der Waals surface area (Å²) in [5, 5.41) is 5.07. The molecule has 0 spiro atoms. The third-order valence-corrected chi connectivity index (χ3v) is 2.96. The Morgan fingerprint density at radius 2 is 2.00 bits per heavy atom. The number of rotatable bonds is 8. The fraction of sp³-hybridized carbons (Fsp3) is 0.467. The van der Waals surface area contributed by atoms with Gasteiger partial charge >= 0.3 is 5.97 Å². The maximum Gasteiger partial charge on any atom is 0.355 e. The molecule has 1 aromatic rings. The smallest absolute Gasteiger partial charge is 0.355 e. The van der Waals surface area contributed by atoms with E-state index in [2.05, 4.69) is 15.6 Å². The second kappa shape index (κ2) is 8.72. The zero-order valence-electron chi connectivity index (χ0n) is 13.4. The van der Waals surface area contributed by atoms with E-state index < -0.39 is 24.5 Å². The van der Waals surface area contributed by atoms with Crippen LogP contribution in [0.5, 0.6) is 0 Å². The van der Waals surface area contributed by atoms with Crippen molar-refractivity contribution in [2.24, 2.45) is 0 Å². The summed E-state index contributed by atoms with van der Waals surface area (Å²) in [6, 6.07) is 0.631. The molecule has 8 heteroatoms. The molecule has 0 saturated heterocycles. The molecule has 3 N–H and O–H groups in total. The Morgan fingerprint density at radius 3 is 2.57 bits per heavy atom. The van der Waals surface area contributed by atoms with Crippen LogP contribution < -0.4 is 10.6 Å². The first-order chi connectivity index (χ1) is 10.8. The Bertz CT molecular complexity index is 594. The van der Waals surface area contributed by atoms with Crippen LogP contribution in [-0.4, -0.2) is 47.7 Å². The second-order valence-corrected chi connectivity index (χ2v) is 5.01. The quantitative estimate of drug-likeness (QED) is 0.473. The van der Waals surface area contributed by atoms with Gasteiger partial charge in [0.2, 0.25) is 5.91 Å². The molecule has 0 bridgehead atoms. The number of Topliss-reactive ketones (excluding diaryl/α,β-unsaturated/α-hetero) is 1. The SMILES string of the molecule is CCCNC(=O)[C@@H](C)NC(=O)COC(=O)c1cc(C(C)=O)c[nH]1. The topological polar surface area (TPSA) is 117 Å². The summed E-state index contributed by atoms with van der Waals surface area (Å²) in [7, 11) is 0. The fourth-order valence-electron chi connectivity index (χ4n) is 1.67. The highest BCUT2D eigenvalue weighted by Gasteiger charge is 2.17. The Morgan fingerprint density at radius 1 is 1.30 bits per heavy atom. The molecule has 126 valence electrons. The van der Waals surface area contributed by atoms with Crippen molar-refractivity contribution in [3.05, 3.63) is 23.5 Å². The summed E-state index contributed by atoms with van der Waals surface area (Å²) in [4.78, 5) is 48.7. The monoisotopic (exact) mass is 323 g/mol. The Balaban J connectivity index is 2.41. The highest BCUT2D eigenvalue weighted by atomic mass is 16.5. The zero-order chi connectivity index (χ0) is 17.4. The van der Waals surface area contributed by atoms with Gasteiger partial charge in [-0.3, -0.25) is 14.4 Å². The minimum Gasteiger partial charge on any atom is -0.451 e. The van der Waals surface area contributed by atoms with Crippen LogP contribution in [0.25, 0.3) is 0 Å². The highest BCUT2D eigenvalue weighted by Crippen LogP contribution is 2.05. The number of nitrogens with one attached hydrogen (secondary N) is 3. The number of H-pyrrole nitrogens is 1. The lowest BCUT2D eigenvalue weighted by atomic mass is 10.2. The molecular weight excluding hydrogens is 302 g/mol. The van der Waals surface area contributed by atoms with Crippen LogP contribution in [-0.2, 0) is 14.3 Å². The fourth-order valence-corrected chi connectivity index (χ4v) is 1.67. The van der Waals surface area contributed by atoms with Gasteiger partial charge in [-0.2, -0.15) is 0 Å². The van der Waals surface area contributed by atoms with Gasteiger partial charge in [-0.05, 0) is 26.3 Å². The van der Waals surface area contributed by atoms with Gasteiger partial charge in [0.25, 0.3) is 5.91 Å². The number of esters is 1. The predicted octanol–water partition coefficient (Wildman–Crippen LogP) is 0.405. The molecule has 0 aliphatic carbocycles. The second-order valence-electron chi connectivity index (χ2n) is 5.01. The minimum absolute atomic E-state index is 0.0803. The van der Waals surface area contributed by atoms with Crippen LogP contribution in [0.4, 0.5) is 0 Å². The van der Waals surface area contributed by atoms with E-state index in [1.54, 1.807) is 0 Å². The molecule has 1 heterocycles. The number of aromatic nitrogens is 1. The van der Waals surface area contributed by atoms with Crippen LogP contribution in [0.15, 0.2) is 12.3 Å². The van der Waals surface area contributed by atoms with Crippen LogP contribution in [0.2, 0.25) is 0 Å². The Hall–Kier alpha value is -2.64. The van der Waals surface area contributed by atoms with Crippen molar-refractivity contribution in [2.75, 3.05) is 13.2 Å². The number of ether oxygens (including phenoxy) is 1. The number of carbonyl (C=O) groups excluding carboxylic acids is 4. The van der Waals surface area contributed by atoms with Crippen molar-refractivity contribution >= 4 is 23.6 Å². The molecule has 0 radical (unpaired) electrons. The summed E-state index contributed by atoms with van der Waals surface area (Å²) in [5.41, 5.74) is 0.430. The molecule has 23 heavy (non-hydrogen) atoms. The van der Waals surface area contributed by atoms with E-state index in [9.17, 15) is 19.2 Å². The molecule has 0 saturated carbocycles. The first kappa shape index (κ1) is 18.4.